The summed E-state index contributed by atoms with van der Waals surface area (Å²) >= 11 is 0. The zero-order chi connectivity index (χ0) is 14.3. The SMILES string of the molecule is Cc1n[nH]c(C)c1CN1C[C@@H]2COC[C@H](C1)N(C)C2=O. The van der Waals surface area contributed by atoms with E-state index in [4.69, 9.17) is 4.74 Å². The fraction of sp³-hybridized carbons (Fsp3) is 0.714. The number of H-pyrrole nitrogens is 1. The van der Waals surface area contributed by atoms with Gasteiger partial charge in [-0.15, -0.1) is 0 Å². The molecule has 1 N–H and O–H groups in total. The van der Waals surface area contributed by atoms with Crippen molar-refractivity contribution in [2.75, 3.05) is 33.4 Å². The molecule has 2 fully saturated rings. The molecule has 1 amide bonds. The summed E-state index contributed by atoms with van der Waals surface area (Å²) in [5, 5.41) is 7.28. The number of aromatic amines is 1. The minimum atomic E-state index is -0.0417. The predicted molar refractivity (Wildman–Crippen MR) is 74.2 cm³/mol. The average molecular weight is 278 g/mol. The number of likely N-dealkylation sites (N-methyl/N-ethyl adjacent to an activating group) is 1. The standard InChI is InChI=1S/C14H22N4O2/c1-9-13(10(2)16-15-9)6-18-4-11-7-20-8-12(5-18)17(3)14(11)19/h11-12H,4-8H2,1-3H3,(H,15,16)/t11-,12+/m1/s1. The number of nitrogens with one attached hydrogen (secondary N) is 1. The molecule has 0 radical (unpaired) electrons. The molecule has 2 aliphatic heterocycles. The second-order valence-corrected chi connectivity index (χ2v) is 5.94. The van der Waals surface area contributed by atoms with Crippen LogP contribution in [0.2, 0.25) is 0 Å². The predicted octanol–water partition coefficient (Wildman–Crippen LogP) is 0.316. The van der Waals surface area contributed by atoms with Gasteiger partial charge in [-0.3, -0.25) is 14.8 Å². The summed E-state index contributed by atoms with van der Waals surface area (Å²) in [5.41, 5.74) is 3.42. The van der Waals surface area contributed by atoms with E-state index in [1.807, 2.05) is 25.8 Å². The minimum absolute atomic E-state index is 0.0417. The van der Waals surface area contributed by atoms with Gasteiger partial charge in [0.2, 0.25) is 5.91 Å². The number of nitrogens with zero attached hydrogens (tertiary/aromatic N) is 3. The Morgan fingerprint density at radius 3 is 2.85 bits per heavy atom. The van der Waals surface area contributed by atoms with Crippen LogP contribution in [-0.2, 0) is 16.1 Å². The van der Waals surface area contributed by atoms with Gasteiger partial charge in [-0.2, -0.15) is 5.10 Å². The van der Waals surface area contributed by atoms with Crippen molar-refractivity contribution < 1.29 is 9.53 Å². The fourth-order valence-electron chi connectivity index (χ4n) is 3.15. The normalized spacial score (nSPS) is 27.8. The van der Waals surface area contributed by atoms with E-state index in [1.54, 1.807) is 0 Å². The van der Waals surface area contributed by atoms with Crippen molar-refractivity contribution in [2.45, 2.75) is 26.4 Å². The first kappa shape index (κ1) is 13.6. The van der Waals surface area contributed by atoms with Gasteiger partial charge in [-0.1, -0.05) is 0 Å². The lowest BCUT2D eigenvalue weighted by Crippen LogP contribution is -2.43. The second-order valence-electron chi connectivity index (χ2n) is 5.94. The molecule has 0 aromatic carbocycles. The number of rotatable bonds is 2. The van der Waals surface area contributed by atoms with Crippen LogP contribution in [-0.4, -0.2) is 65.3 Å². The number of carbonyl (C=O) groups excluding carboxylic acids is 1. The zero-order valence-electron chi connectivity index (χ0n) is 12.3. The van der Waals surface area contributed by atoms with Gasteiger partial charge in [0, 0.05) is 37.9 Å². The average Bonchev–Trinajstić information content (AvgIpc) is 2.58. The quantitative estimate of drug-likeness (QED) is 0.846. The van der Waals surface area contributed by atoms with Crippen molar-refractivity contribution in [1.29, 1.82) is 0 Å². The third kappa shape index (κ3) is 2.33. The van der Waals surface area contributed by atoms with E-state index in [9.17, 15) is 4.79 Å². The lowest BCUT2D eigenvalue weighted by molar-refractivity contribution is -0.133. The molecule has 1 aromatic heterocycles. The second kappa shape index (κ2) is 5.18. The fourth-order valence-corrected chi connectivity index (χ4v) is 3.15. The van der Waals surface area contributed by atoms with Gasteiger partial charge in [0.1, 0.15) is 0 Å². The number of hydrogen-bond donors (Lipinski definition) is 1. The topological polar surface area (TPSA) is 61.5 Å². The third-order valence-electron chi connectivity index (χ3n) is 4.48. The molecule has 6 nitrogen and oxygen atoms in total. The molecule has 3 rings (SSSR count). The van der Waals surface area contributed by atoms with Crippen LogP contribution >= 0.6 is 0 Å². The number of ether oxygens (including phenoxy) is 1. The number of aryl methyl sites for hydroxylation is 2. The van der Waals surface area contributed by atoms with Crippen LogP contribution in [0, 0.1) is 19.8 Å². The van der Waals surface area contributed by atoms with Crippen LogP contribution in [0.4, 0.5) is 0 Å². The van der Waals surface area contributed by atoms with Crippen LogP contribution < -0.4 is 0 Å². The summed E-state index contributed by atoms with van der Waals surface area (Å²) in [4.78, 5) is 16.5. The molecule has 110 valence electrons. The first-order valence-corrected chi connectivity index (χ1v) is 7.13. The Labute approximate surface area is 119 Å². The highest BCUT2D eigenvalue weighted by Crippen LogP contribution is 2.22. The highest BCUT2D eigenvalue weighted by molar-refractivity contribution is 5.79. The third-order valence-corrected chi connectivity index (χ3v) is 4.48. The lowest BCUT2D eigenvalue weighted by atomic mass is 10.1. The largest absolute Gasteiger partial charge is 0.378 e. The molecule has 20 heavy (non-hydrogen) atoms. The molecule has 0 unspecified atom stereocenters. The highest BCUT2D eigenvalue weighted by Gasteiger charge is 2.37. The van der Waals surface area contributed by atoms with Crippen LogP contribution in [0.1, 0.15) is 17.0 Å². The monoisotopic (exact) mass is 278 g/mol. The number of amides is 1. The molecule has 2 saturated heterocycles. The van der Waals surface area contributed by atoms with E-state index in [2.05, 4.69) is 15.1 Å². The van der Waals surface area contributed by atoms with Gasteiger partial charge in [0.25, 0.3) is 0 Å². The number of aromatic nitrogens is 2. The van der Waals surface area contributed by atoms with E-state index in [0.29, 0.717) is 13.2 Å². The van der Waals surface area contributed by atoms with E-state index >= 15 is 0 Å². The summed E-state index contributed by atoms with van der Waals surface area (Å²) in [6.07, 6.45) is 0. The van der Waals surface area contributed by atoms with E-state index in [-0.39, 0.29) is 17.9 Å². The van der Waals surface area contributed by atoms with Gasteiger partial charge in [-0.25, -0.2) is 0 Å². The van der Waals surface area contributed by atoms with Crippen molar-refractivity contribution in [3.8, 4) is 0 Å². The van der Waals surface area contributed by atoms with Gasteiger partial charge >= 0.3 is 0 Å². The van der Waals surface area contributed by atoms with Crippen molar-refractivity contribution in [2.24, 2.45) is 5.92 Å². The molecule has 1 aromatic rings. The Kier molecular flexibility index (Phi) is 3.52. The van der Waals surface area contributed by atoms with E-state index < -0.39 is 0 Å². The Hall–Kier alpha value is -1.40. The summed E-state index contributed by atoms with van der Waals surface area (Å²) in [5.74, 6) is 0.177. The molecule has 2 atom stereocenters. The summed E-state index contributed by atoms with van der Waals surface area (Å²) in [7, 11) is 1.90. The molecule has 6 heteroatoms. The van der Waals surface area contributed by atoms with Crippen molar-refractivity contribution in [1.82, 2.24) is 20.0 Å². The van der Waals surface area contributed by atoms with E-state index in [0.717, 1.165) is 31.0 Å². The molecular weight excluding hydrogens is 256 g/mol. The smallest absolute Gasteiger partial charge is 0.229 e. The molecule has 2 bridgehead atoms. The van der Waals surface area contributed by atoms with Crippen LogP contribution in [0.3, 0.4) is 0 Å². The molecule has 2 aliphatic rings. The molecule has 0 saturated carbocycles. The Bertz CT molecular complexity index is 494. The highest BCUT2D eigenvalue weighted by atomic mass is 16.5. The van der Waals surface area contributed by atoms with Crippen molar-refractivity contribution >= 4 is 5.91 Å². The minimum Gasteiger partial charge on any atom is -0.378 e. The lowest BCUT2D eigenvalue weighted by Gasteiger charge is -2.29. The van der Waals surface area contributed by atoms with Crippen molar-refractivity contribution in [3.05, 3.63) is 17.0 Å². The van der Waals surface area contributed by atoms with E-state index in [1.165, 1.54) is 5.56 Å². The van der Waals surface area contributed by atoms with Crippen LogP contribution in [0.5, 0.6) is 0 Å². The maximum absolute atomic E-state index is 12.3. The molecular formula is C14H22N4O2. The van der Waals surface area contributed by atoms with Crippen LogP contribution in [0.15, 0.2) is 0 Å². The number of fused-ring (bicyclic) bond motifs is 3. The maximum atomic E-state index is 12.3. The Morgan fingerprint density at radius 1 is 1.35 bits per heavy atom. The Morgan fingerprint density at radius 2 is 2.15 bits per heavy atom. The van der Waals surface area contributed by atoms with Gasteiger partial charge < -0.3 is 9.64 Å². The Balaban J connectivity index is 1.80. The van der Waals surface area contributed by atoms with Crippen molar-refractivity contribution in [3.63, 3.8) is 0 Å². The van der Waals surface area contributed by atoms with Gasteiger partial charge in [0.15, 0.2) is 0 Å². The van der Waals surface area contributed by atoms with Gasteiger partial charge in [-0.05, 0) is 13.8 Å². The van der Waals surface area contributed by atoms with Gasteiger partial charge in [0.05, 0.1) is 30.9 Å². The molecule has 3 heterocycles. The molecule has 0 spiro atoms. The summed E-state index contributed by atoms with van der Waals surface area (Å²) in [6.45, 7) is 7.74. The zero-order valence-corrected chi connectivity index (χ0v) is 12.3. The maximum Gasteiger partial charge on any atom is 0.229 e. The first-order chi connectivity index (χ1) is 9.56. The summed E-state index contributed by atoms with van der Waals surface area (Å²) in [6, 6.07) is 0.155. The number of carbonyl (C=O) groups is 1. The number of hydrogen-bond acceptors (Lipinski definition) is 4. The summed E-state index contributed by atoms with van der Waals surface area (Å²) < 4.78 is 5.63. The van der Waals surface area contributed by atoms with Crippen LogP contribution in [0.25, 0.3) is 0 Å². The molecule has 0 aliphatic carbocycles. The first-order valence-electron chi connectivity index (χ1n) is 7.13.